The molecule has 1 fully saturated rings. The number of aliphatic hydroxyl groups excluding tert-OH is 2. The smallest absolute Gasteiger partial charge is 0.319 e. The van der Waals surface area contributed by atoms with Gasteiger partial charge in [-0.05, 0) is 30.2 Å². The molecule has 1 heterocycles. The molecule has 0 aliphatic carbocycles. The van der Waals surface area contributed by atoms with Crippen molar-refractivity contribution in [2.24, 2.45) is 0 Å². The van der Waals surface area contributed by atoms with Crippen molar-refractivity contribution >= 4 is 23.5 Å². The fourth-order valence-corrected chi connectivity index (χ4v) is 4.13. The molecule has 3 atom stereocenters. The van der Waals surface area contributed by atoms with Gasteiger partial charge in [0.05, 0.1) is 25.4 Å². The Morgan fingerprint density at radius 1 is 1.06 bits per heavy atom. The van der Waals surface area contributed by atoms with Crippen LogP contribution >= 0.6 is 11.8 Å². The summed E-state index contributed by atoms with van der Waals surface area (Å²) in [4.78, 5) is 11.7. The fourth-order valence-electron chi connectivity index (χ4n) is 3.36. The van der Waals surface area contributed by atoms with Crippen LogP contribution in [0.3, 0.4) is 0 Å². The van der Waals surface area contributed by atoms with E-state index in [2.05, 4.69) is 10.6 Å². The molecule has 31 heavy (non-hydrogen) atoms. The van der Waals surface area contributed by atoms with E-state index in [1.807, 2.05) is 55.5 Å². The van der Waals surface area contributed by atoms with E-state index < -0.39 is 6.29 Å². The van der Waals surface area contributed by atoms with Crippen molar-refractivity contribution in [1.29, 1.82) is 0 Å². The third kappa shape index (κ3) is 6.95. The lowest BCUT2D eigenvalue weighted by Crippen LogP contribution is -2.31. The van der Waals surface area contributed by atoms with Gasteiger partial charge >= 0.3 is 6.03 Å². The number of aliphatic hydroxyl groups is 2. The monoisotopic (exact) mass is 446 g/mol. The molecule has 0 bridgehead atoms. The summed E-state index contributed by atoms with van der Waals surface area (Å²) in [5.41, 5.74) is 3.46. The van der Waals surface area contributed by atoms with E-state index in [0.29, 0.717) is 24.4 Å². The molecule has 0 aromatic heterocycles. The first-order valence-corrected chi connectivity index (χ1v) is 11.6. The first-order valence-electron chi connectivity index (χ1n) is 10.5. The summed E-state index contributed by atoms with van der Waals surface area (Å²) in [6.07, 6.45) is 0.0179. The van der Waals surface area contributed by atoms with Crippen LogP contribution in [0.5, 0.6) is 0 Å². The van der Waals surface area contributed by atoms with Gasteiger partial charge in [-0.15, -0.1) is 0 Å². The van der Waals surface area contributed by atoms with Crippen LogP contribution < -0.4 is 10.6 Å². The summed E-state index contributed by atoms with van der Waals surface area (Å²) >= 11 is 1.66. The lowest BCUT2D eigenvalue weighted by Gasteiger charge is -2.36. The Hall–Kier alpha value is -2.10. The van der Waals surface area contributed by atoms with Gasteiger partial charge in [0, 0.05) is 35.7 Å². The molecule has 3 rings (SSSR count). The second-order valence-corrected chi connectivity index (χ2v) is 8.40. The van der Waals surface area contributed by atoms with Crippen LogP contribution in [0.1, 0.15) is 42.4 Å². The number of amides is 2. The Morgan fingerprint density at radius 3 is 2.42 bits per heavy atom. The van der Waals surface area contributed by atoms with E-state index in [1.54, 1.807) is 11.8 Å². The minimum absolute atomic E-state index is 0.00856. The molecule has 1 aliphatic rings. The normalized spacial score (nSPS) is 20.9. The Bertz CT molecular complexity index is 816. The third-order valence-corrected chi connectivity index (χ3v) is 6.01. The van der Waals surface area contributed by atoms with Crippen LogP contribution in [0, 0.1) is 0 Å². The van der Waals surface area contributed by atoms with Crippen LogP contribution in [0.25, 0.3) is 0 Å². The molecule has 0 saturated carbocycles. The SMILES string of the molecule is CCNC(=O)Nc1ccc([C@H]2O[C@@H](CSCCO)C[C@@H](c3ccc(CO)cc3)O2)cc1. The highest BCUT2D eigenvalue weighted by molar-refractivity contribution is 7.99. The minimum atomic E-state index is -0.533. The molecular weight excluding hydrogens is 416 g/mol. The van der Waals surface area contributed by atoms with Crippen molar-refractivity contribution in [3.05, 3.63) is 65.2 Å². The van der Waals surface area contributed by atoms with Gasteiger partial charge in [-0.3, -0.25) is 0 Å². The van der Waals surface area contributed by atoms with Gasteiger partial charge in [0.15, 0.2) is 6.29 Å². The van der Waals surface area contributed by atoms with E-state index in [0.717, 1.165) is 22.4 Å². The van der Waals surface area contributed by atoms with E-state index in [4.69, 9.17) is 14.6 Å². The van der Waals surface area contributed by atoms with Crippen molar-refractivity contribution in [3.8, 4) is 0 Å². The van der Waals surface area contributed by atoms with Gasteiger partial charge in [0.1, 0.15) is 0 Å². The molecule has 168 valence electrons. The Labute approximate surface area is 187 Å². The van der Waals surface area contributed by atoms with Crippen molar-refractivity contribution < 1.29 is 24.5 Å². The van der Waals surface area contributed by atoms with Gasteiger partial charge in [0.25, 0.3) is 0 Å². The number of carbonyl (C=O) groups is 1. The molecule has 0 radical (unpaired) electrons. The lowest BCUT2D eigenvalue weighted by atomic mass is 10.0. The van der Waals surface area contributed by atoms with Crippen LogP contribution in [0.4, 0.5) is 10.5 Å². The number of anilines is 1. The van der Waals surface area contributed by atoms with Crippen LogP contribution in [0.15, 0.2) is 48.5 Å². The quantitative estimate of drug-likeness (QED) is 0.439. The maximum absolute atomic E-state index is 11.7. The number of rotatable bonds is 9. The average Bonchev–Trinajstić information content (AvgIpc) is 2.80. The van der Waals surface area contributed by atoms with Gasteiger partial charge in [0.2, 0.25) is 0 Å². The highest BCUT2D eigenvalue weighted by atomic mass is 32.2. The average molecular weight is 447 g/mol. The maximum atomic E-state index is 11.7. The highest BCUT2D eigenvalue weighted by Crippen LogP contribution is 2.38. The summed E-state index contributed by atoms with van der Waals surface area (Å²) in [7, 11) is 0. The summed E-state index contributed by atoms with van der Waals surface area (Å²) < 4.78 is 12.5. The van der Waals surface area contributed by atoms with E-state index in [1.165, 1.54) is 0 Å². The number of nitrogens with one attached hydrogen (secondary N) is 2. The second kappa shape index (κ2) is 12.1. The highest BCUT2D eigenvalue weighted by Gasteiger charge is 2.32. The molecule has 1 aliphatic heterocycles. The van der Waals surface area contributed by atoms with Gasteiger partial charge < -0.3 is 30.3 Å². The molecular formula is C23H30N2O5S. The zero-order valence-electron chi connectivity index (χ0n) is 17.6. The molecule has 2 amide bonds. The third-order valence-electron chi connectivity index (χ3n) is 4.93. The van der Waals surface area contributed by atoms with Crippen molar-refractivity contribution in [2.45, 2.75) is 38.4 Å². The number of hydrogen-bond donors (Lipinski definition) is 4. The predicted molar refractivity (Wildman–Crippen MR) is 122 cm³/mol. The topological polar surface area (TPSA) is 100 Å². The number of ether oxygens (including phenoxy) is 2. The number of thioether (sulfide) groups is 1. The van der Waals surface area contributed by atoms with E-state index in [9.17, 15) is 9.90 Å². The summed E-state index contributed by atoms with van der Waals surface area (Å²) in [6, 6.07) is 15.0. The molecule has 0 spiro atoms. The maximum Gasteiger partial charge on any atom is 0.319 e. The Morgan fingerprint density at radius 2 is 1.77 bits per heavy atom. The molecule has 8 heteroatoms. The van der Waals surface area contributed by atoms with E-state index >= 15 is 0 Å². The zero-order chi connectivity index (χ0) is 22.1. The molecule has 7 nitrogen and oxygen atoms in total. The summed E-state index contributed by atoms with van der Waals surface area (Å²) in [6.45, 7) is 2.57. The zero-order valence-corrected chi connectivity index (χ0v) is 18.4. The molecule has 2 aromatic carbocycles. The molecule has 0 unspecified atom stereocenters. The molecule has 4 N–H and O–H groups in total. The second-order valence-electron chi connectivity index (χ2n) is 7.26. The standard InChI is InChI=1S/C23H30N2O5S/c1-2-24-23(28)25-19-9-7-18(8-10-19)22-29-20(15-31-12-11-26)13-21(30-22)17-5-3-16(14-27)4-6-17/h3-10,20-22,26-27H,2,11-15H2,1H3,(H2,24,25,28)/t20-,21+,22+/m1/s1. The lowest BCUT2D eigenvalue weighted by molar-refractivity contribution is -0.245. The molecule has 2 aromatic rings. The fraction of sp³-hybridized carbons (Fsp3) is 0.435. The first kappa shape index (κ1) is 23.6. The first-order chi connectivity index (χ1) is 15.1. The Balaban J connectivity index is 1.73. The van der Waals surface area contributed by atoms with Gasteiger partial charge in [-0.1, -0.05) is 36.4 Å². The van der Waals surface area contributed by atoms with Gasteiger partial charge in [-0.2, -0.15) is 11.8 Å². The largest absolute Gasteiger partial charge is 0.396 e. The summed E-state index contributed by atoms with van der Waals surface area (Å²) in [5.74, 6) is 1.43. The van der Waals surface area contributed by atoms with E-state index in [-0.39, 0.29) is 31.5 Å². The molecule has 1 saturated heterocycles. The minimum Gasteiger partial charge on any atom is -0.396 e. The predicted octanol–water partition coefficient (Wildman–Crippen LogP) is 3.59. The van der Waals surface area contributed by atoms with Crippen LogP contribution in [0.2, 0.25) is 0 Å². The van der Waals surface area contributed by atoms with Crippen LogP contribution in [-0.2, 0) is 16.1 Å². The van der Waals surface area contributed by atoms with Crippen molar-refractivity contribution in [1.82, 2.24) is 5.32 Å². The van der Waals surface area contributed by atoms with Crippen molar-refractivity contribution in [3.63, 3.8) is 0 Å². The Kier molecular flexibility index (Phi) is 9.17. The number of hydrogen-bond acceptors (Lipinski definition) is 6. The van der Waals surface area contributed by atoms with Gasteiger partial charge in [-0.25, -0.2) is 4.79 Å². The number of urea groups is 1. The number of benzene rings is 2. The summed E-state index contributed by atoms with van der Waals surface area (Å²) in [5, 5.41) is 23.9. The number of carbonyl (C=O) groups excluding carboxylic acids is 1. The van der Waals surface area contributed by atoms with Crippen molar-refractivity contribution in [2.75, 3.05) is 30.0 Å². The van der Waals surface area contributed by atoms with Crippen LogP contribution in [-0.4, -0.2) is 47.0 Å².